The average Bonchev–Trinajstić information content (AvgIpc) is 3.16. The van der Waals surface area contributed by atoms with Crippen molar-refractivity contribution in [3.63, 3.8) is 0 Å². The standard InChI is InChI=1S/C22H18N2O5/c25-16-11-15-17-18(21(27)23(20(17)26)14-9-5-2-6-10-14)19(24(15)16)22(28)29-12-13-7-3-1-4-8-13/h1-10,15,17-19H,11-12H2/t15-,17+,18+,19+/m0/s1. The number of benzene rings is 2. The zero-order valence-corrected chi connectivity index (χ0v) is 15.4. The van der Waals surface area contributed by atoms with Crippen molar-refractivity contribution in [2.45, 2.75) is 25.1 Å². The monoisotopic (exact) mass is 390 g/mol. The molecule has 4 atom stereocenters. The van der Waals surface area contributed by atoms with Crippen molar-refractivity contribution >= 4 is 29.4 Å². The molecule has 3 fully saturated rings. The second kappa shape index (κ2) is 6.55. The molecule has 0 aromatic heterocycles. The van der Waals surface area contributed by atoms with Crippen LogP contribution >= 0.6 is 0 Å². The molecule has 2 aromatic carbocycles. The summed E-state index contributed by atoms with van der Waals surface area (Å²) < 4.78 is 5.43. The van der Waals surface area contributed by atoms with Crippen LogP contribution in [-0.4, -0.2) is 40.7 Å². The number of carbonyl (C=O) groups excluding carboxylic acids is 4. The van der Waals surface area contributed by atoms with Crippen molar-refractivity contribution in [1.82, 2.24) is 4.90 Å². The van der Waals surface area contributed by atoms with Crippen LogP contribution in [0.5, 0.6) is 0 Å². The summed E-state index contributed by atoms with van der Waals surface area (Å²) in [5, 5.41) is 0. The van der Waals surface area contributed by atoms with Gasteiger partial charge in [-0.05, 0) is 17.7 Å². The number of ether oxygens (including phenoxy) is 1. The summed E-state index contributed by atoms with van der Waals surface area (Å²) in [7, 11) is 0. The van der Waals surface area contributed by atoms with Crippen molar-refractivity contribution in [3.05, 3.63) is 66.2 Å². The van der Waals surface area contributed by atoms with Gasteiger partial charge < -0.3 is 9.64 Å². The van der Waals surface area contributed by atoms with Crippen LogP contribution in [0.2, 0.25) is 0 Å². The first kappa shape index (κ1) is 17.6. The highest BCUT2D eigenvalue weighted by Gasteiger charge is 2.69. The van der Waals surface area contributed by atoms with Crippen LogP contribution in [0.3, 0.4) is 0 Å². The second-order valence-corrected chi connectivity index (χ2v) is 7.51. The number of imide groups is 1. The van der Waals surface area contributed by atoms with Crippen LogP contribution < -0.4 is 4.90 Å². The second-order valence-electron chi connectivity index (χ2n) is 7.51. The van der Waals surface area contributed by atoms with E-state index in [2.05, 4.69) is 0 Å². The van der Waals surface area contributed by atoms with Gasteiger partial charge in [0, 0.05) is 6.42 Å². The van der Waals surface area contributed by atoms with Crippen molar-refractivity contribution in [2.24, 2.45) is 11.8 Å². The van der Waals surface area contributed by atoms with Crippen molar-refractivity contribution in [1.29, 1.82) is 0 Å². The fraction of sp³-hybridized carbons (Fsp3) is 0.273. The lowest BCUT2D eigenvalue weighted by Gasteiger charge is -2.39. The molecule has 7 nitrogen and oxygen atoms in total. The fourth-order valence-electron chi connectivity index (χ4n) is 4.64. The van der Waals surface area contributed by atoms with Gasteiger partial charge in [0.1, 0.15) is 12.6 Å². The van der Waals surface area contributed by atoms with Crippen LogP contribution in [0.15, 0.2) is 60.7 Å². The van der Waals surface area contributed by atoms with E-state index in [1.807, 2.05) is 30.3 Å². The molecule has 29 heavy (non-hydrogen) atoms. The van der Waals surface area contributed by atoms with E-state index in [0.29, 0.717) is 5.69 Å². The molecule has 0 radical (unpaired) electrons. The largest absolute Gasteiger partial charge is 0.459 e. The summed E-state index contributed by atoms with van der Waals surface area (Å²) in [6.07, 6.45) is 0.172. The van der Waals surface area contributed by atoms with Gasteiger partial charge in [-0.1, -0.05) is 48.5 Å². The molecule has 0 bridgehead atoms. The van der Waals surface area contributed by atoms with Crippen molar-refractivity contribution < 1.29 is 23.9 Å². The Morgan fingerprint density at radius 2 is 1.52 bits per heavy atom. The number of β-lactam (4-membered cyclic amide) rings is 1. The van der Waals surface area contributed by atoms with E-state index in [4.69, 9.17) is 4.74 Å². The van der Waals surface area contributed by atoms with Crippen LogP contribution in [0.1, 0.15) is 12.0 Å². The molecule has 0 spiro atoms. The lowest BCUT2D eigenvalue weighted by molar-refractivity contribution is -0.163. The van der Waals surface area contributed by atoms with Crippen LogP contribution in [-0.2, 0) is 30.5 Å². The number of para-hydroxylation sites is 1. The zero-order chi connectivity index (χ0) is 20.1. The zero-order valence-electron chi connectivity index (χ0n) is 15.4. The highest BCUT2D eigenvalue weighted by Crippen LogP contribution is 2.49. The Morgan fingerprint density at radius 1 is 0.897 bits per heavy atom. The van der Waals surface area contributed by atoms with Gasteiger partial charge in [0.15, 0.2) is 0 Å². The minimum Gasteiger partial charge on any atom is -0.459 e. The van der Waals surface area contributed by atoms with Gasteiger partial charge in [0.25, 0.3) is 0 Å². The van der Waals surface area contributed by atoms with Gasteiger partial charge in [0.2, 0.25) is 17.7 Å². The molecule has 5 rings (SSSR count). The molecule has 3 aliphatic heterocycles. The molecule has 3 amide bonds. The first-order valence-corrected chi connectivity index (χ1v) is 9.52. The maximum absolute atomic E-state index is 13.2. The first-order valence-electron chi connectivity index (χ1n) is 9.52. The van der Waals surface area contributed by atoms with Crippen LogP contribution in [0.4, 0.5) is 5.69 Å². The Labute approximate surface area is 166 Å². The summed E-state index contributed by atoms with van der Waals surface area (Å²) in [6, 6.07) is 16.3. The van der Waals surface area contributed by atoms with Crippen LogP contribution in [0.25, 0.3) is 0 Å². The highest BCUT2D eigenvalue weighted by atomic mass is 16.5. The lowest BCUT2D eigenvalue weighted by Crippen LogP contribution is -2.58. The lowest BCUT2D eigenvalue weighted by atomic mass is 9.87. The third-order valence-electron chi connectivity index (χ3n) is 5.96. The number of nitrogens with zero attached hydrogens (tertiary/aromatic N) is 2. The normalized spacial score (nSPS) is 27.5. The quantitative estimate of drug-likeness (QED) is 0.449. The van der Waals surface area contributed by atoms with Crippen LogP contribution in [0, 0.1) is 11.8 Å². The number of anilines is 1. The molecule has 3 heterocycles. The molecule has 0 aliphatic carbocycles. The summed E-state index contributed by atoms with van der Waals surface area (Å²) in [4.78, 5) is 53.8. The molecule has 3 aliphatic rings. The number of fused-ring (bicyclic) bond motifs is 3. The minimum absolute atomic E-state index is 0.0464. The van der Waals surface area contributed by atoms with E-state index < -0.39 is 35.8 Å². The van der Waals surface area contributed by atoms with Gasteiger partial charge >= 0.3 is 5.97 Å². The molecule has 0 saturated carbocycles. The van der Waals surface area contributed by atoms with Crippen molar-refractivity contribution in [3.8, 4) is 0 Å². The van der Waals surface area contributed by atoms with E-state index in [1.165, 1.54) is 4.90 Å². The Kier molecular flexibility index (Phi) is 3.97. The number of hydrogen-bond acceptors (Lipinski definition) is 5. The minimum atomic E-state index is -1.06. The summed E-state index contributed by atoms with van der Waals surface area (Å²) >= 11 is 0. The SMILES string of the molecule is O=C(OCc1ccccc1)[C@H]1[C@@H]2C(=O)N(c3ccccc3)C(=O)[C@@H]2[C@@H]2CC(=O)N21. The number of rotatable bonds is 4. The summed E-state index contributed by atoms with van der Waals surface area (Å²) in [5.74, 6) is -3.27. The van der Waals surface area contributed by atoms with Gasteiger partial charge in [-0.2, -0.15) is 0 Å². The number of carbonyl (C=O) groups is 4. The number of hydrogen-bond donors (Lipinski definition) is 0. The van der Waals surface area contributed by atoms with Gasteiger partial charge in [-0.15, -0.1) is 0 Å². The molecular weight excluding hydrogens is 372 g/mol. The summed E-state index contributed by atoms with van der Waals surface area (Å²) in [5.41, 5.74) is 1.28. The predicted molar refractivity (Wildman–Crippen MR) is 101 cm³/mol. The molecule has 2 aromatic rings. The van der Waals surface area contributed by atoms with E-state index >= 15 is 0 Å². The maximum Gasteiger partial charge on any atom is 0.330 e. The Hall–Kier alpha value is -3.48. The maximum atomic E-state index is 13.2. The Bertz CT molecular complexity index is 1010. The first-order chi connectivity index (χ1) is 14.1. The average molecular weight is 390 g/mol. The fourth-order valence-corrected chi connectivity index (χ4v) is 4.64. The molecule has 3 saturated heterocycles. The Morgan fingerprint density at radius 3 is 2.17 bits per heavy atom. The van der Waals surface area contributed by atoms with Gasteiger partial charge in [-0.3, -0.25) is 14.4 Å². The Balaban J connectivity index is 1.43. The predicted octanol–water partition coefficient (Wildman–Crippen LogP) is 1.52. The van der Waals surface area contributed by atoms with E-state index in [9.17, 15) is 19.2 Å². The third kappa shape index (κ3) is 2.57. The van der Waals surface area contributed by atoms with Crippen molar-refractivity contribution in [2.75, 3.05) is 4.90 Å². The number of esters is 1. The number of amides is 3. The smallest absolute Gasteiger partial charge is 0.330 e. The van der Waals surface area contributed by atoms with E-state index in [0.717, 1.165) is 10.5 Å². The molecule has 0 N–H and O–H groups in total. The molecule has 0 unspecified atom stereocenters. The van der Waals surface area contributed by atoms with Gasteiger partial charge in [0.05, 0.1) is 23.6 Å². The third-order valence-corrected chi connectivity index (χ3v) is 5.96. The molecule has 146 valence electrons. The molecular formula is C22H18N2O5. The molecule has 7 heteroatoms. The van der Waals surface area contributed by atoms with E-state index in [1.54, 1.807) is 30.3 Å². The highest BCUT2D eigenvalue weighted by molar-refractivity contribution is 6.24. The topological polar surface area (TPSA) is 84.0 Å². The summed E-state index contributed by atoms with van der Waals surface area (Å²) in [6.45, 7) is 0.0464. The van der Waals surface area contributed by atoms with E-state index in [-0.39, 0.29) is 24.8 Å². The van der Waals surface area contributed by atoms with Gasteiger partial charge in [-0.25, -0.2) is 9.69 Å².